The number of hydrogen-bond donors (Lipinski definition) is 1. The minimum absolute atomic E-state index is 0.164. The van der Waals surface area contributed by atoms with Crippen molar-refractivity contribution in [2.24, 2.45) is 0 Å². The Morgan fingerprint density at radius 1 is 1.05 bits per heavy atom. The first-order valence-corrected chi connectivity index (χ1v) is 6.39. The van der Waals surface area contributed by atoms with Gasteiger partial charge in [-0.1, -0.05) is 18.2 Å². The summed E-state index contributed by atoms with van der Waals surface area (Å²) in [5.41, 5.74) is 1.60. The summed E-state index contributed by atoms with van der Waals surface area (Å²) < 4.78 is 19.0. The maximum atomic E-state index is 13.4. The third-order valence-electron chi connectivity index (χ3n) is 2.67. The molecule has 0 aliphatic carbocycles. The van der Waals surface area contributed by atoms with E-state index >= 15 is 0 Å². The highest BCUT2D eigenvalue weighted by Gasteiger charge is 2.01. The van der Waals surface area contributed by atoms with E-state index < -0.39 is 0 Å². The maximum absolute atomic E-state index is 13.4. The molecule has 2 nitrogen and oxygen atoms in total. The zero-order valence-corrected chi connectivity index (χ0v) is 11.2. The smallest absolute Gasteiger partial charge is 0.128 e. The third-order valence-corrected chi connectivity index (χ3v) is 2.67. The molecule has 0 aliphatic heterocycles. The van der Waals surface area contributed by atoms with Crippen molar-refractivity contribution >= 4 is 5.69 Å². The van der Waals surface area contributed by atoms with Gasteiger partial charge in [-0.15, -0.1) is 0 Å². The van der Waals surface area contributed by atoms with Crippen LogP contribution in [0.3, 0.4) is 0 Å². The lowest BCUT2D eigenvalue weighted by Crippen LogP contribution is -2.05. The molecule has 0 atom stereocenters. The fourth-order valence-corrected chi connectivity index (χ4v) is 1.76. The molecule has 2 aromatic rings. The Labute approximate surface area is 113 Å². The summed E-state index contributed by atoms with van der Waals surface area (Å²) in [7, 11) is 0. The largest absolute Gasteiger partial charge is 0.491 e. The standard InChI is InChI=1S/C16H18FNO/c1-12(2)19-15-9-7-14(8-10-15)18-11-13-5-3-4-6-16(13)17/h3-10,12,18H,11H2,1-2H3. The van der Waals surface area contributed by atoms with Crippen LogP contribution in [-0.2, 0) is 6.54 Å². The van der Waals surface area contributed by atoms with Crippen LogP contribution in [0, 0.1) is 5.82 Å². The van der Waals surface area contributed by atoms with Crippen LogP contribution in [0.5, 0.6) is 5.75 Å². The number of rotatable bonds is 5. The summed E-state index contributed by atoms with van der Waals surface area (Å²) >= 11 is 0. The number of hydrogen-bond acceptors (Lipinski definition) is 2. The maximum Gasteiger partial charge on any atom is 0.128 e. The normalized spacial score (nSPS) is 10.5. The topological polar surface area (TPSA) is 21.3 Å². The Kier molecular flexibility index (Phi) is 4.39. The van der Waals surface area contributed by atoms with E-state index in [1.165, 1.54) is 6.07 Å². The average Bonchev–Trinajstić information content (AvgIpc) is 2.39. The first-order chi connectivity index (χ1) is 9.15. The van der Waals surface area contributed by atoms with Gasteiger partial charge < -0.3 is 10.1 Å². The average molecular weight is 259 g/mol. The van der Waals surface area contributed by atoms with Crippen molar-refractivity contribution in [2.45, 2.75) is 26.5 Å². The third kappa shape index (κ3) is 3.98. The number of halogens is 1. The van der Waals surface area contributed by atoms with E-state index in [9.17, 15) is 4.39 Å². The first kappa shape index (κ1) is 13.4. The molecule has 0 aliphatic rings. The van der Waals surface area contributed by atoms with Gasteiger partial charge in [0.15, 0.2) is 0 Å². The van der Waals surface area contributed by atoms with Gasteiger partial charge in [-0.2, -0.15) is 0 Å². The van der Waals surface area contributed by atoms with Crippen molar-refractivity contribution in [2.75, 3.05) is 5.32 Å². The highest BCUT2D eigenvalue weighted by atomic mass is 19.1. The molecule has 0 amide bonds. The Morgan fingerprint density at radius 2 is 1.74 bits per heavy atom. The molecule has 2 aromatic carbocycles. The van der Waals surface area contributed by atoms with E-state index in [0.717, 1.165) is 11.4 Å². The summed E-state index contributed by atoms with van der Waals surface area (Å²) in [4.78, 5) is 0. The van der Waals surface area contributed by atoms with Gasteiger partial charge in [0.05, 0.1) is 6.10 Å². The van der Waals surface area contributed by atoms with E-state index in [-0.39, 0.29) is 11.9 Å². The molecule has 0 heterocycles. The lowest BCUT2D eigenvalue weighted by molar-refractivity contribution is 0.242. The van der Waals surface area contributed by atoms with Gasteiger partial charge in [-0.3, -0.25) is 0 Å². The van der Waals surface area contributed by atoms with E-state index in [1.54, 1.807) is 12.1 Å². The Bertz CT molecular complexity index is 523. The van der Waals surface area contributed by atoms with Crippen molar-refractivity contribution in [1.29, 1.82) is 0 Å². The Morgan fingerprint density at radius 3 is 2.37 bits per heavy atom. The van der Waals surface area contributed by atoms with Crippen molar-refractivity contribution in [3.8, 4) is 5.75 Å². The van der Waals surface area contributed by atoms with Crippen LogP contribution in [0.1, 0.15) is 19.4 Å². The highest BCUT2D eigenvalue weighted by molar-refractivity contribution is 5.46. The summed E-state index contributed by atoms with van der Waals surface area (Å²) in [6.07, 6.45) is 0.164. The van der Waals surface area contributed by atoms with Crippen LogP contribution >= 0.6 is 0 Å². The lowest BCUT2D eigenvalue weighted by atomic mass is 10.2. The van der Waals surface area contributed by atoms with Gasteiger partial charge in [-0.05, 0) is 44.2 Å². The zero-order chi connectivity index (χ0) is 13.7. The van der Waals surface area contributed by atoms with Gasteiger partial charge in [0.25, 0.3) is 0 Å². The molecule has 0 aromatic heterocycles. The van der Waals surface area contributed by atoms with Crippen LogP contribution in [0.4, 0.5) is 10.1 Å². The van der Waals surface area contributed by atoms with Gasteiger partial charge >= 0.3 is 0 Å². The molecule has 100 valence electrons. The Hall–Kier alpha value is -2.03. The predicted octanol–water partition coefficient (Wildman–Crippen LogP) is 4.23. The van der Waals surface area contributed by atoms with Crippen LogP contribution in [0.25, 0.3) is 0 Å². The first-order valence-electron chi connectivity index (χ1n) is 6.39. The molecular formula is C16H18FNO. The quantitative estimate of drug-likeness (QED) is 0.867. The molecule has 3 heteroatoms. The van der Waals surface area contributed by atoms with Gasteiger partial charge in [0.1, 0.15) is 11.6 Å². The molecule has 0 saturated carbocycles. The lowest BCUT2D eigenvalue weighted by Gasteiger charge is -2.11. The summed E-state index contributed by atoms with van der Waals surface area (Å²) in [5.74, 6) is 0.654. The minimum Gasteiger partial charge on any atom is -0.491 e. The van der Waals surface area contributed by atoms with Crippen molar-refractivity contribution in [3.63, 3.8) is 0 Å². The second-order valence-electron chi connectivity index (χ2n) is 4.64. The fraction of sp³-hybridized carbons (Fsp3) is 0.250. The molecule has 2 rings (SSSR count). The molecular weight excluding hydrogens is 241 g/mol. The van der Waals surface area contributed by atoms with Gasteiger partial charge in [-0.25, -0.2) is 4.39 Å². The summed E-state index contributed by atoms with van der Waals surface area (Å²) in [6, 6.07) is 14.4. The van der Waals surface area contributed by atoms with Gasteiger partial charge in [0, 0.05) is 17.8 Å². The Balaban J connectivity index is 1.95. The summed E-state index contributed by atoms with van der Waals surface area (Å²) in [5, 5.41) is 3.19. The highest BCUT2D eigenvalue weighted by Crippen LogP contribution is 2.18. The van der Waals surface area contributed by atoms with E-state index in [2.05, 4.69) is 5.32 Å². The number of nitrogens with one attached hydrogen (secondary N) is 1. The van der Waals surface area contributed by atoms with E-state index in [1.807, 2.05) is 44.2 Å². The molecule has 0 saturated heterocycles. The number of anilines is 1. The summed E-state index contributed by atoms with van der Waals surface area (Å²) in [6.45, 7) is 4.45. The van der Waals surface area contributed by atoms with Crippen LogP contribution in [0.15, 0.2) is 48.5 Å². The second kappa shape index (κ2) is 6.23. The molecule has 0 unspecified atom stereocenters. The molecule has 19 heavy (non-hydrogen) atoms. The van der Waals surface area contributed by atoms with Crippen molar-refractivity contribution in [1.82, 2.24) is 0 Å². The monoisotopic (exact) mass is 259 g/mol. The fourth-order valence-electron chi connectivity index (χ4n) is 1.76. The predicted molar refractivity (Wildman–Crippen MR) is 75.9 cm³/mol. The van der Waals surface area contributed by atoms with Crippen molar-refractivity contribution < 1.29 is 9.13 Å². The van der Waals surface area contributed by atoms with Gasteiger partial charge in [0.2, 0.25) is 0 Å². The molecule has 0 bridgehead atoms. The van der Waals surface area contributed by atoms with Crippen LogP contribution < -0.4 is 10.1 Å². The van der Waals surface area contributed by atoms with E-state index in [4.69, 9.17) is 4.74 Å². The van der Waals surface area contributed by atoms with E-state index in [0.29, 0.717) is 12.1 Å². The minimum atomic E-state index is -0.185. The molecule has 0 spiro atoms. The van der Waals surface area contributed by atoms with Crippen LogP contribution in [0.2, 0.25) is 0 Å². The number of benzene rings is 2. The SMILES string of the molecule is CC(C)Oc1ccc(NCc2ccccc2F)cc1. The molecule has 0 fully saturated rings. The molecule has 1 N–H and O–H groups in total. The second-order valence-corrected chi connectivity index (χ2v) is 4.64. The number of ether oxygens (including phenoxy) is 1. The van der Waals surface area contributed by atoms with Crippen LogP contribution in [-0.4, -0.2) is 6.10 Å². The molecule has 0 radical (unpaired) electrons. The van der Waals surface area contributed by atoms with Crippen molar-refractivity contribution in [3.05, 3.63) is 59.9 Å². The zero-order valence-electron chi connectivity index (χ0n) is 11.2.